The van der Waals surface area contributed by atoms with E-state index in [0.29, 0.717) is 0 Å². The topological polar surface area (TPSA) is 107 Å². The molecular weight excluding hydrogens is 430 g/mol. The minimum atomic E-state index is -5.99. The third-order valence-electron chi connectivity index (χ3n) is 2.21. The summed E-state index contributed by atoms with van der Waals surface area (Å²) in [6, 6.07) is 2.97. The molecule has 0 heterocycles. The first-order chi connectivity index (χ1) is 10.4. The molecule has 0 bridgehead atoms. The molecule has 0 aliphatic heterocycles. The van der Waals surface area contributed by atoms with Crippen LogP contribution in [0.2, 0.25) is 5.02 Å². The Morgan fingerprint density at radius 2 is 1.91 bits per heavy atom. The molecule has 12 heteroatoms. The average molecular weight is 438 g/mol. The van der Waals surface area contributed by atoms with Crippen LogP contribution >= 0.6 is 27.5 Å². The molecule has 1 aromatic rings. The maximum atomic E-state index is 13.1. The molecule has 23 heavy (non-hydrogen) atoms. The SMILES string of the molecule is CC(Br)C(=O)Oc1ccc(OC(=O)C(F)(F)S(=O)(=O)O)c(Cl)c1. The molecule has 1 unspecified atom stereocenters. The van der Waals surface area contributed by atoms with E-state index in [-0.39, 0.29) is 5.75 Å². The fraction of sp³-hybridized carbons (Fsp3) is 0.273. The highest BCUT2D eigenvalue weighted by molar-refractivity contribution is 9.10. The average Bonchev–Trinajstić information content (AvgIpc) is 2.40. The molecule has 0 radical (unpaired) electrons. The number of benzene rings is 1. The van der Waals surface area contributed by atoms with Crippen LogP contribution in [0.1, 0.15) is 6.92 Å². The van der Waals surface area contributed by atoms with Crippen molar-refractivity contribution in [1.29, 1.82) is 0 Å². The number of esters is 2. The second-order valence-corrected chi connectivity index (χ2v) is 7.25. The predicted octanol–water partition coefficient (Wildman–Crippen LogP) is 2.41. The summed E-state index contributed by atoms with van der Waals surface area (Å²) in [5, 5.41) is -5.57. The lowest BCUT2D eigenvalue weighted by Crippen LogP contribution is -2.40. The number of hydrogen-bond donors (Lipinski definition) is 1. The first-order valence-corrected chi connectivity index (χ1v) is 8.32. The molecule has 1 N–H and O–H groups in total. The Morgan fingerprint density at radius 3 is 2.35 bits per heavy atom. The summed E-state index contributed by atoms with van der Waals surface area (Å²) in [7, 11) is -5.99. The minimum Gasteiger partial charge on any atom is -0.426 e. The van der Waals surface area contributed by atoms with Gasteiger partial charge in [-0.1, -0.05) is 27.5 Å². The van der Waals surface area contributed by atoms with Crippen LogP contribution in [0.15, 0.2) is 18.2 Å². The van der Waals surface area contributed by atoms with Gasteiger partial charge in [0, 0.05) is 6.07 Å². The molecule has 0 amide bonds. The van der Waals surface area contributed by atoms with E-state index < -0.39 is 42.9 Å². The number of ether oxygens (including phenoxy) is 2. The zero-order valence-corrected chi connectivity index (χ0v) is 14.3. The highest BCUT2D eigenvalue weighted by atomic mass is 79.9. The zero-order valence-electron chi connectivity index (χ0n) is 11.1. The van der Waals surface area contributed by atoms with Gasteiger partial charge < -0.3 is 9.47 Å². The van der Waals surface area contributed by atoms with Crippen LogP contribution < -0.4 is 9.47 Å². The number of alkyl halides is 3. The van der Waals surface area contributed by atoms with Crippen molar-refractivity contribution in [2.45, 2.75) is 17.0 Å². The van der Waals surface area contributed by atoms with Gasteiger partial charge in [-0.15, -0.1) is 0 Å². The molecule has 1 rings (SSSR count). The molecule has 0 aromatic heterocycles. The molecule has 128 valence electrons. The zero-order chi connectivity index (χ0) is 18.0. The van der Waals surface area contributed by atoms with Crippen molar-refractivity contribution in [3.05, 3.63) is 23.2 Å². The molecule has 0 aliphatic carbocycles. The molecule has 1 aromatic carbocycles. The van der Waals surface area contributed by atoms with Gasteiger partial charge in [0.2, 0.25) is 0 Å². The lowest BCUT2D eigenvalue weighted by molar-refractivity contribution is -0.151. The van der Waals surface area contributed by atoms with Crippen molar-refractivity contribution in [3.63, 3.8) is 0 Å². The first-order valence-electron chi connectivity index (χ1n) is 5.58. The number of rotatable bonds is 5. The summed E-state index contributed by atoms with van der Waals surface area (Å²) < 4.78 is 64.2. The third kappa shape index (κ3) is 4.83. The smallest absolute Gasteiger partial charge is 0.426 e. The summed E-state index contributed by atoms with van der Waals surface area (Å²) in [5.74, 6) is -3.89. The predicted molar refractivity (Wildman–Crippen MR) is 77.6 cm³/mol. The highest BCUT2D eigenvalue weighted by Crippen LogP contribution is 2.31. The van der Waals surface area contributed by atoms with Gasteiger partial charge in [0.1, 0.15) is 16.3 Å². The van der Waals surface area contributed by atoms with Gasteiger partial charge in [-0.2, -0.15) is 17.2 Å². The van der Waals surface area contributed by atoms with Gasteiger partial charge in [-0.05, 0) is 19.1 Å². The second-order valence-electron chi connectivity index (χ2n) is 4.01. The van der Waals surface area contributed by atoms with Crippen LogP contribution in [0.3, 0.4) is 0 Å². The Kier molecular flexibility index (Phi) is 6.07. The molecular formula is C11H8BrClF2O7S. The number of carbonyl (C=O) groups excluding carboxylic acids is 2. The van der Waals surface area contributed by atoms with Crippen molar-refractivity contribution in [3.8, 4) is 11.5 Å². The van der Waals surface area contributed by atoms with Crippen LogP contribution in [0.5, 0.6) is 11.5 Å². The Bertz CT molecular complexity index is 736. The normalized spacial score (nSPS) is 13.3. The second kappa shape index (κ2) is 7.07. The largest absolute Gasteiger partial charge is 0.466 e. The maximum absolute atomic E-state index is 13.1. The van der Waals surface area contributed by atoms with Crippen LogP contribution in [0.4, 0.5) is 8.78 Å². The van der Waals surface area contributed by atoms with Gasteiger partial charge in [-0.25, -0.2) is 4.79 Å². The fourth-order valence-electron chi connectivity index (χ4n) is 1.09. The number of carbonyl (C=O) groups is 2. The van der Waals surface area contributed by atoms with E-state index in [1.54, 1.807) is 0 Å². The van der Waals surface area contributed by atoms with Crippen LogP contribution in [-0.2, 0) is 19.7 Å². The Labute approximate surface area is 142 Å². The first kappa shape index (κ1) is 19.7. The maximum Gasteiger partial charge on any atom is 0.466 e. The molecule has 7 nitrogen and oxygen atoms in total. The summed E-state index contributed by atoms with van der Waals surface area (Å²) >= 11 is 8.63. The minimum absolute atomic E-state index is 0.0624. The van der Waals surface area contributed by atoms with Crippen LogP contribution in [0, 0.1) is 0 Å². The Balaban J connectivity index is 2.96. The van der Waals surface area contributed by atoms with E-state index in [1.807, 2.05) is 0 Å². The van der Waals surface area contributed by atoms with Crippen molar-refractivity contribution < 1.29 is 40.8 Å². The fourth-order valence-corrected chi connectivity index (χ4v) is 1.64. The monoisotopic (exact) mass is 436 g/mol. The van der Waals surface area contributed by atoms with E-state index in [1.165, 1.54) is 6.92 Å². The van der Waals surface area contributed by atoms with Crippen LogP contribution in [0.25, 0.3) is 0 Å². The van der Waals surface area contributed by atoms with E-state index in [2.05, 4.69) is 20.7 Å². The van der Waals surface area contributed by atoms with Gasteiger partial charge in [0.25, 0.3) is 0 Å². The standard InChI is InChI=1S/C11H8BrClF2O7S/c1-5(12)9(16)21-6-2-3-8(7(13)4-6)22-10(17)11(14,15)23(18,19)20/h2-5H,1H3,(H,18,19,20). The molecule has 0 aliphatic rings. The highest BCUT2D eigenvalue weighted by Gasteiger charge is 2.54. The van der Waals surface area contributed by atoms with E-state index in [9.17, 15) is 26.8 Å². The van der Waals surface area contributed by atoms with Crippen LogP contribution in [-0.4, -0.2) is 35.0 Å². The van der Waals surface area contributed by atoms with Crippen molar-refractivity contribution in [2.75, 3.05) is 0 Å². The summed E-state index contributed by atoms with van der Waals surface area (Å²) in [6.07, 6.45) is 0. The van der Waals surface area contributed by atoms with Crippen molar-refractivity contribution in [2.24, 2.45) is 0 Å². The molecule has 0 spiro atoms. The molecule has 0 saturated heterocycles. The molecule has 0 saturated carbocycles. The van der Waals surface area contributed by atoms with Gasteiger partial charge in [-0.3, -0.25) is 9.35 Å². The Hall–Kier alpha value is -1.30. The molecule has 0 fully saturated rings. The number of halogens is 4. The van der Waals surface area contributed by atoms with E-state index in [0.717, 1.165) is 18.2 Å². The number of hydrogen-bond acceptors (Lipinski definition) is 6. The summed E-state index contributed by atoms with van der Waals surface area (Å²) in [4.78, 5) is 21.8. The van der Waals surface area contributed by atoms with Crippen molar-refractivity contribution >= 4 is 49.6 Å². The lowest BCUT2D eigenvalue weighted by atomic mass is 10.3. The van der Waals surface area contributed by atoms with Gasteiger partial charge >= 0.3 is 27.3 Å². The van der Waals surface area contributed by atoms with E-state index in [4.69, 9.17) is 20.9 Å². The molecule has 1 atom stereocenters. The quantitative estimate of drug-likeness (QED) is 0.326. The van der Waals surface area contributed by atoms with E-state index >= 15 is 0 Å². The third-order valence-corrected chi connectivity index (χ3v) is 3.69. The Morgan fingerprint density at radius 1 is 1.35 bits per heavy atom. The van der Waals surface area contributed by atoms with Gasteiger partial charge in [0.05, 0.1) is 5.02 Å². The summed E-state index contributed by atoms with van der Waals surface area (Å²) in [6.45, 7) is 1.50. The van der Waals surface area contributed by atoms with Gasteiger partial charge in [0.15, 0.2) is 0 Å². The van der Waals surface area contributed by atoms with Crippen molar-refractivity contribution in [1.82, 2.24) is 0 Å². The lowest BCUT2D eigenvalue weighted by Gasteiger charge is -2.13. The summed E-state index contributed by atoms with van der Waals surface area (Å²) in [5.41, 5.74) is 0.